The molecule has 206 valence electrons. The SMILES string of the molecule is C=CC(=O)N1CCCC(Nc2n[nH]c3nccc(Nc4cccc(C(=O)Nc5ccc(C(C)C)c(C)c5)c4)c23)C1. The lowest BCUT2D eigenvalue weighted by atomic mass is 9.97. The minimum Gasteiger partial charge on any atom is -0.363 e. The molecule has 1 atom stereocenters. The molecule has 4 aromatic rings. The Morgan fingerprint density at radius 2 is 2.00 bits per heavy atom. The van der Waals surface area contributed by atoms with Crippen LogP contribution < -0.4 is 16.0 Å². The van der Waals surface area contributed by atoms with E-state index in [1.165, 1.54) is 11.6 Å². The van der Waals surface area contributed by atoms with Gasteiger partial charge in [0.2, 0.25) is 5.91 Å². The summed E-state index contributed by atoms with van der Waals surface area (Å²) in [5, 5.41) is 18.2. The number of hydrogen-bond donors (Lipinski definition) is 4. The van der Waals surface area contributed by atoms with Crippen LogP contribution in [0.3, 0.4) is 0 Å². The number of likely N-dealkylation sites (tertiary alicyclic amines) is 1. The summed E-state index contributed by atoms with van der Waals surface area (Å²) < 4.78 is 0. The van der Waals surface area contributed by atoms with Crippen molar-refractivity contribution in [1.82, 2.24) is 20.1 Å². The summed E-state index contributed by atoms with van der Waals surface area (Å²) in [6, 6.07) is 15.3. The fraction of sp³-hybridized carbons (Fsp3) is 0.290. The van der Waals surface area contributed by atoms with Gasteiger partial charge in [-0.1, -0.05) is 32.6 Å². The van der Waals surface area contributed by atoms with Gasteiger partial charge in [0.1, 0.15) is 0 Å². The van der Waals surface area contributed by atoms with Gasteiger partial charge >= 0.3 is 0 Å². The molecular formula is C31H35N7O2. The van der Waals surface area contributed by atoms with E-state index < -0.39 is 0 Å². The smallest absolute Gasteiger partial charge is 0.255 e. The van der Waals surface area contributed by atoms with Crippen molar-refractivity contribution in [3.63, 3.8) is 0 Å². The molecule has 1 fully saturated rings. The van der Waals surface area contributed by atoms with E-state index in [2.05, 4.69) is 64.5 Å². The number of benzene rings is 2. The normalized spacial score (nSPS) is 15.2. The van der Waals surface area contributed by atoms with Gasteiger partial charge < -0.3 is 20.9 Å². The number of nitrogens with zero attached hydrogens (tertiary/aromatic N) is 3. The number of pyridine rings is 1. The Kier molecular flexibility index (Phi) is 7.82. The van der Waals surface area contributed by atoms with Crippen LogP contribution in [0, 0.1) is 6.92 Å². The van der Waals surface area contributed by atoms with Crippen molar-refractivity contribution in [3.8, 4) is 0 Å². The van der Waals surface area contributed by atoms with E-state index in [1.807, 2.05) is 36.4 Å². The molecule has 5 rings (SSSR count). The van der Waals surface area contributed by atoms with Gasteiger partial charge in [-0.2, -0.15) is 5.10 Å². The highest BCUT2D eigenvalue weighted by Gasteiger charge is 2.24. The Morgan fingerprint density at radius 1 is 1.15 bits per heavy atom. The number of hydrogen-bond acceptors (Lipinski definition) is 6. The van der Waals surface area contributed by atoms with Crippen molar-refractivity contribution in [1.29, 1.82) is 0 Å². The number of H-pyrrole nitrogens is 1. The molecule has 9 nitrogen and oxygen atoms in total. The standard InChI is InChI=1S/C31H35N7O2/c1-5-27(39)38-15-7-10-24(18-38)34-30-28-26(13-14-32-29(28)36-37-30)33-22-9-6-8-21(17-22)31(40)35-23-11-12-25(19(2)3)20(4)16-23/h5-6,8-9,11-14,16-17,19,24H,1,7,10,15,18H2,2-4H3,(H,35,40)(H3,32,33,34,36,37). The Morgan fingerprint density at radius 3 is 2.77 bits per heavy atom. The van der Waals surface area contributed by atoms with Gasteiger partial charge in [0.15, 0.2) is 11.5 Å². The van der Waals surface area contributed by atoms with Gasteiger partial charge in [0.05, 0.1) is 11.1 Å². The predicted octanol–water partition coefficient (Wildman–Crippen LogP) is 5.97. The number of aryl methyl sites for hydroxylation is 1. The molecule has 40 heavy (non-hydrogen) atoms. The second kappa shape index (κ2) is 11.6. The Labute approximate surface area is 234 Å². The fourth-order valence-electron chi connectivity index (χ4n) is 5.28. The highest BCUT2D eigenvalue weighted by molar-refractivity contribution is 6.05. The molecule has 1 aliphatic rings. The van der Waals surface area contributed by atoms with E-state index >= 15 is 0 Å². The summed E-state index contributed by atoms with van der Waals surface area (Å²) in [7, 11) is 0. The van der Waals surface area contributed by atoms with E-state index in [1.54, 1.807) is 17.2 Å². The number of aromatic nitrogens is 3. The van der Waals surface area contributed by atoms with E-state index in [0.717, 1.165) is 47.4 Å². The third-order valence-electron chi connectivity index (χ3n) is 7.26. The van der Waals surface area contributed by atoms with Gasteiger partial charge in [-0.05, 0) is 79.3 Å². The van der Waals surface area contributed by atoms with Gasteiger partial charge in [0.25, 0.3) is 5.91 Å². The molecule has 0 saturated carbocycles. The van der Waals surface area contributed by atoms with Crippen molar-refractivity contribution >= 4 is 45.7 Å². The number of nitrogens with one attached hydrogen (secondary N) is 4. The third kappa shape index (κ3) is 5.83. The summed E-state index contributed by atoms with van der Waals surface area (Å²) in [5.74, 6) is 0.852. The molecule has 0 spiro atoms. The summed E-state index contributed by atoms with van der Waals surface area (Å²) >= 11 is 0. The van der Waals surface area contributed by atoms with Gasteiger partial charge in [-0.3, -0.25) is 14.7 Å². The molecule has 2 amide bonds. The molecule has 4 N–H and O–H groups in total. The first-order valence-corrected chi connectivity index (χ1v) is 13.6. The summed E-state index contributed by atoms with van der Waals surface area (Å²) in [4.78, 5) is 31.4. The van der Waals surface area contributed by atoms with E-state index in [-0.39, 0.29) is 17.9 Å². The van der Waals surface area contributed by atoms with Crippen LogP contribution in [0.2, 0.25) is 0 Å². The zero-order valence-corrected chi connectivity index (χ0v) is 23.1. The molecular weight excluding hydrogens is 502 g/mol. The molecule has 0 radical (unpaired) electrons. The van der Waals surface area contributed by atoms with Crippen LogP contribution in [0.5, 0.6) is 0 Å². The largest absolute Gasteiger partial charge is 0.363 e. The van der Waals surface area contributed by atoms with Crippen LogP contribution in [0.1, 0.15) is 54.1 Å². The van der Waals surface area contributed by atoms with Crippen LogP contribution in [0.25, 0.3) is 11.0 Å². The minimum absolute atomic E-state index is 0.0578. The summed E-state index contributed by atoms with van der Waals surface area (Å²) in [5.41, 5.74) is 5.94. The highest BCUT2D eigenvalue weighted by atomic mass is 16.2. The van der Waals surface area contributed by atoms with Crippen molar-refractivity contribution in [3.05, 3.63) is 84.1 Å². The minimum atomic E-state index is -0.179. The first kappa shape index (κ1) is 26.9. The summed E-state index contributed by atoms with van der Waals surface area (Å²) in [6.07, 6.45) is 4.89. The van der Waals surface area contributed by atoms with Crippen molar-refractivity contribution in [2.24, 2.45) is 0 Å². The molecule has 9 heteroatoms. The monoisotopic (exact) mass is 537 g/mol. The van der Waals surface area contributed by atoms with Crippen LogP contribution in [-0.4, -0.2) is 51.0 Å². The topological polar surface area (TPSA) is 115 Å². The average molecular weight is 538 g/mol. The van der Waals surface area contributed by atoms with Crippen molar-refractivity contribution in [2.75, 3.05) is 29.0 Å². The number of amides is 2. The van der Waals surface area contributed by atoms with Crippen molar-refractivity contribution < 1.29 is 9.59 Å². The fourth-order valence-corrected chi connectivity index (χ4v) is 5.28. The maximum absolute atomic E-state index is 13.1. The van der Waals surface area contributed by atoms with Gasteiger partial charge in [-0.25, -0.2) is 4.98 Å². The lowest BCUT2D eigenvalue weighted by Gasteiger charge is -2.32. The Balaban J connectivity index is 1.33. The Hall–Kier alpha value is -4.66. The lowest BCUT2D eigenvalue weighted by molar-refractivity contribution is -0.127. The van der Waals surface area contributed by atoms with E-state index in [9.17, 15) is 9.59 Å². The second-order valence-electron chi connectivity index (χ2n) is 10.5. The van der Waals surface area contributed by atoms with Crippen LogP contribution in [0.4, 0.5) is 22.9 Å². The number of fused-ring (bicyclic) bond motifs is 1. The van der Waals surface area contributed by atoms with Crippen molar-refractivity contribution in [2.45, 2.75) is 45.6 Å². The van der Waals surface area contributed by atoms with E-state index in [0.29, 0.717) is 29.5 Å². The molecule has 0 aliphatic carbocycles. The van der Waals surface area contributed by atoms with E-state index in [4.69, 9.17) is 0 Å². The first-order chi connectivity index (χ1) is 19.3. The third-order valence-corrected chi connectivity index (χ3v) is 7.26. The molecule has 1 aliphatic heterocycles. The zero-order valence-electron chi connectivity index (χ0n) is 23.1. The lowest BCUT2D eigenvalue weighted by Crippen LogP contribution is -2.44. The maximum atomic E-state index is 13.1. The van der Waals surface area contributed by atoms with Gasteiger partial charge in [0, 0.05) is 42.3 Å². The van der Waals surface area contributed by atoms with Crippen LogP contribution in [0.15, 0.2) is 67.4 Å². The first-order valence-electron chi connectivity index (χ1n) is 13.6. The van der Waals surface area contributed by atoms with Crippen LogP contribution in [-0.2, 0) is 4.79 Å². The maximum Gasteiger partial charge on any atom is 0.255 e. The Bertz CT molecular complexity index is 1560. The molecule has 1 saturated heterocycles. The average Bonchev–Trinajstić information content (AvgIpc) is 3.36. The second-order valence-corrected chi connectivity index (χ2v) is 10.5. The molecule has 0 bridgehead atoms. The number of aromatic amines is 1. The van der Waals surface area contributed by atoms with Crippen LogP contribution >= 0.6 is 0 Å². The molecule has 2 aromatic heterocycles. The highest BCUT2D eigenvalue weighted by Crippen LogP contribution is 2.31. The quantitative estimate of drug-likeness (QED) is 0.206. The van der Waals surface area contributed by atoms with Gasteiger partial charge in [-0.15, -0.1) is 0 Å². The molecule has 1 unspecified atom stereocenters. The zero-order chi connectivity index (χ0) is 28.2. The predicted molar refractivity (Wildman–Crippen MR) is 160 cm³/mol. The molecule has 2 aromatic carbocycles. The number of rotatable bonds is 8. The number of piperidine rings is 1. The molecule has 3 heterocycles. The number of carbonyl (C=O) groups excluding carboxylic acids is 2. The number of carbonyl (C=O) groups is 2. The number of anilines is 4. The summed E-state index contributed by atoms with van der Waals surface area (Å²) in [6.45, 7) is 11.3.